The Kier molecular flexibility index (Phi) is 5.06. The minimum atomic E-state index is -3.46. The summed E-state index contributed by atoms with van der Waals surface area (Å²) in [5.41, 5.74) is 1.29. The molecule has 1 aliphatic heterocycles. The summed E-state index contributed by atoms with van der Waals surface area (Å²) in [6.07, 6.45) is 2.08. The zero-order valence-corrected chi connectivity index (χ0v) is 14.2. The van der Waals surface area contributed by atoms with Crippen molar-refractivity contribution >= 4 is 10.0 Å². The molecule has 1 fully saturated rings. The number of nitrogens with one attached hydrogen (secondary N) is 1. The van der Waals surface area contributed by atoms with E-state index in [4.69, 9.17) is 0 Å². The van der Waals surface area contributed by atoms with Gasteiger partial charge in [0.15, 0.2) is 0 Å². The van der Waals surface area contributed by atoms with Gasteiger partial charge in [-0.3, -0.25) is 4.68 Å². The minimum absolute atomic E-state index is 0.376. The van der Waals surface area contributed by atoms with Gasteiger partial charge in [-0.1, -0.05) is 6.92 Å². The summed E-state index contributed by atoms with van der Waals surface area (Å²) >= 11 is 0. The Morgan fingerprint density at radius 1 is 1.33 bits per heavy atom. The van der Waals surface area contributed by atoms with Crippen molar-refractivity contribution in [2.24, 2.45) is 13.0 Å². The van der Waals surface area contributed by atoms with Crippen molar-refractivity contribution in [3.63, 3.8) is 0 Å². The van der Waals surface area contributed by atoms with Crippen molar-refractivity contribution < 1.29 is 8.42 Å². The number of aryl methyl sites for hydroxylation is 2. The van der Waals surface area contributed by atoms with Crippen molar-refractivity contribution in [1.29, 1.82) is 0 Å². The van der Waals surface area contributed by atoms with Crippen LogP contribution >= 0.6 is 0 Å². The third kappa shape index (κ3) is 3.30. The molecule has 0 unspecified atom stereocenters. The fourth-order valence-electron chi connectivity index (χ4n) is 3.01. The van der Waals surface area contributed by atoms with Gasteiger partial charge < -0.3 is 5.32 Å². The van der Waals surface area contributed by atoms with Crippen LogP contribution in [0.25, 0.3) is 0 Å². The highest BCUT2D eigenvalue weighted by Gasteiger charge is 2.31. The zero-order valence-electron chi connectivity index (χ0n) is 13.4. The summed E-state index contributed by atoms with van der Waals surface area (Å²) in [4.78, 5) is 0.376. The first-order chi connectivity index (χ1) is 9.87. The molecule has 0 aromatic carbocycles. The number of piperidine rings is 1. The standard InChI is InChI=1S/C14H26N4O2S/c1-5-18(10-13-6-8-15-9-7-13)21(19,20)14-11(2)16-17(4)12(14)3/h13,15H,5-10H2,1-4H3. The summed E-state index contributed by atoms with van der Waals surface area (Å²) < 4.78 is 29.1. The Morgan fingerprint density at radius 2 is 1.95 bits per heavy atom. The van der Waals surface area contributed by atoms with Crippen LogP contribution in [0.2, 0.25) is 0 Å². The molecule has 0 saturated carbocycles. The quantitative estimate of drug-likeness (QED) is 0.882. The number of sulfonamides is 1. The fraction of sp³-hybridized carbons (Fsp3) is 0.786. The molecule has 120 valence electrons. The number of rotatable bonds is 5. The summed E-state index contributed by atoms with van der Waals surface area (Å²) in [6, 6.07) is 0. The predicted octanol–water partition coefficient (Wildman–Crippen LogP) is 1.05. The van der Waals surface area contributed by atoms with Gasteiger partial charge in [0.25, 0.3) is 0 Å². The zero-order chi connectivity index (χ0) is 15.6. The third-order valence-electron chi connectivity index (χ3n) is 4.31. The smallest absolute Gasteiger partial charge is 0.246 e. The lowest BCUT2D eigenvalue weighted by Gasteiger charge is -2.28. The molecule has 7 heteroatoms. The topological polar surface area (TPSA) is 67.2 Å². The van der Waals surface area contributed by atoms with Gasteiger partial charge in [-0.25, -0.2) is 8.42 Å². The van der Waals surface area contributed by atoms with E-state index in [0.29, 0.717) is 35.3 Å². The highest BCUT2D eigenvalue weighted by Crippen LogP contribution is 2.25. The van der Waals surface area contributed by atoms with E-state index in [1.54, 1.807) is 23.0 Å². The van der Waals surface area contributed by atoms with Crippen molar-refractivity contribution in [2.75, 3.05) is 26.2 Å². The maximum absolute atomic E-state index is 12.9. The van der Waals surface area contributed by atoms with Gasteiger partial charge in [-0.2, -0.15) is 9.40 Å². The molecular formula is C14H26N4O2S. The van der Waals surface area contributed by atoms with Crippen molar-refractivity contribution in [1.82, 2.24) is 19.4 Å². The van der Waals surface area contributed by atoms with Crippen molar-refractivity contribution in [2.45, 2.75) is 38.5 Å². The van der Waals surface area contributed by atoms with Crippen LogP contribution in [0.5, 0.6) is 0 Å². The Labute approximate surface area is 127 Å². The Balaban J connectivity index is 2.26. The maximum Gasteiger partial charge on any atom is 0.246 e. The molecule has 1 N–H and O–H groups in total. The Morgan fingerprint density at radius 3 is 2.43 bits per heavy atom. The monoisotopic (exact) mass is 314 g/mol. The molecule has 0 aliphatic carbocycles. The average molecular weight is 314 g/mol. The molecule has 0 radical (unpaired) electrons. The van der Waals surface area contributed by atoms with Crippen molar-refractivity contribution in [3.05, 3.63) is 11.4 Å². The van der Waals surface area contributed by atoms with Crippen LogP contribution in [-0.4, -0.2) is 48.7 Å². The average Bonchev–Trinajstić information content (AvgIpc) is 2.70. The van der Waals surface area contributed by atoms with Crippen LogP contribution in [0.3, 0.4) is 0 Å². The van der Waals surface area contributed by atoms with E-state index in [1.807, 2.05) is 13.8 Å². The molecule has 2 rings (SSSR count). The summed E-state index contributed by atoms with van der Waals surface area (Å²) in [6.45, 7) is 8.54. The molecule has 0 amide bonds. The molecular weight excluding hydrogens is 288 g/mol. The molecule has 6 nitrogen and oxygen atoms in total. The van der Waals surface area contributed by atoms with Gasteiger partial charge >= 0.3 is 0 Å². The van der Waals surface area contributed by atoms with E-state index in [2.05, 4.69) is 10.4 Å². The molecule has 0 atom stereocenters. The molecule has 2 heterocycles. The van der Waals surface area contributed by atoms with Gasteiger partial charge in [-0.15, -0.1) is 0 Å². The second kappa shape index (κ2) is 6.46. The van der Waals surface area contributed by atoms with Crippen LogP contribution in [0.1, 0.15) is 31.2 Å². The maximum atomic E-state index is 12.9. The van der Waals surface area contributed by atoms with Crippen LogP contribution in [0, 0.1) is 19.8 Å². The number of hydrogen-bond donors (Lipinski definition) is 1. The molecule has 0 spiro atoms. The van der Waals surface area contributed by atoms with E-state index in [0.717, 1.165) is 25.9 Å². The van der Waals surface area contributed by atoms with Gasteiger partial charge in [0.05, 0.1) is 11.4 Å². The Hall–Kier alpha value is -0.920. The first-order valence-electron chi connectivity index (χ1n) is 7.59. The minimum Gasteiger partial charge on any atom is -0.317 e. The third-order valence-corrected chi connectivity index (χ3v) is 6.51. The molecule has 1 aromatic rings. The largest absolute Gasteiger partial charge is 0.317 e. The van der Waals surface area contributed by atoms with Crippen molar-refractivity contribution in [3.8, 4) is 0 Å². The summed E-state index contributed by atoms with van der Waals surface area (Å²) in [5.74, 6) is 0.443. The van der Waals surface area contributed by atoms with Gasteiger partial charge in [-0.05, 0) is 45.7 Å². The molecule has 1 aliphatic rings. The molecule has 21 heavy (non-hydrogen) atoms. The van der Waals surface area contributed by atoms with E-state index in [-0.39, 0.29) is 0 Å². The van der Waals surface area contributed by atoms with Crippen LogP contribution in [0.4, 0.5) is 0 Å². The van der Waals surface area contributed by atoms with Crippen LogP contribution < -0.4 is 5.32 Å². The van der Waals surface area contributed by atoms with Crippen LogP contribution in [0.15, 0.2) is 4.90 Å². The summed E-state index contributed by atoms with van der Waals surface area (Å²) in [5, 5.41) is 7.56. The molecule has 1 saturated heterocycles. The lowest BCUT2D eigenvalue weighted by Crippen LogP contribution is -2.39. The Bertz CT molecular complexity index is 588. The highest BCUT2D eigenvalue weighted by atomic mass is 32.2. The molecule has 1 aromatic heterocycles. The predicted molar refractivity (Wildman–Crippen MR) is 82.7 cm³/mol. The first kappa shape index (κ1) is 16.5. The number of hydrogen-bond acceptors (Lipinski definition) is 4. The van der Waals surface area contributed by atoms with Crippen LogP contribution in [-0.2, 0) is 17.1 Å². The number of aromatic nitrogens is 2. The lowest BCUT2D eigenvalue weighted by atomic mass is 9.98. The summed E-state index contributed by atoms with van der Waals surface area (Å²) in [7, 11) is -1.68. The number of nitrogens with zero attached hydrogens (tertiary/aromatic N) is 3. The van der Waals surface area contributed by atoms with Gasteiger partial charge in [0.1, 0.15) is 4.90 Å². The second-order valence-corrected chi connectivity index (χ2v) is 7.65. The van der Waals surface area contributed by atoms with Gasteiger partial charge in [0, 0.05) is 20.1 Å². The van der Waals surface area contributed by atoms with E-state index in [9.17, 15) is 8.42 Å². The van der Waals surface area contributed by atoms with E-state index < -0.39 is 10.0 Å². The SMILES string of the molecule is CCN(CC1CCNCC1)S(=O)(=O)c1c(C)nn(C)c1C. The highest BCUT2D eigenvalue weighted by molar-refractivity contribution is 7.89. The van der Waals surface area contributed by atoms with E-state index >= 15 is 0 Å². The fourth-order valence-corrected chi connectivity index (χ4v) is 4.93. The first-order valence-corrected chi connectivity index (χ1v) is 9.03. The normalized spacial score (nSPS) is 17.6. The second-order valence-electron chi connectivity index (χ2n) is 5.77. The van der Waals surface area contributed by atoms with E-state index in [1.165, 1.54) is 0 Å². The lowest BCUT2D eigenvalue weighted by molar-refractivity contribution is 0.294. The van der Waals surface area contributed by atoms with Gasteiger partial charge in [0.2, 0.25) is 10.0 Å². The molecule has 0 bridgehead atoms.